The fourth-order valence-corrected chi connectivity index (χ4v) is 2.57. The summed E-state index contributed by atoms with van der Waals surface area (Å²) in [5.74, 6) is -0.893. The molecule has 0 unspecified atom stereocenters. The number of hydrogen-bond donors (Lipinski definition) is 1. The molecule has 0 aliphatic rings. The summed E-state index contributed by atoms with van der Waals surface area (Å²) >= 11 is 0. The van der Waals surface area contributed by atoms with E-state index in [2.05, 4.69) is 29.4 Å². The van der Waals surface area contributed by atoms with Gasteiger partial charge in [0.25, 0.3) is 5.91 Å². The van der Waals surface area contributed by atoms with Gasteiger partial charge in [0.05, 0.1) is 0 Å². The van der Waals surface area contributed by atoms with Crippen molar-refractivity contribution < 1.29 is 14.4 Å². The quantitative estimate of drug-likeness (QED) is 0.115. The molecule has 0 heterocycles. The minimum Gasteiger partial charge on any atom is -0.336 e. The van der Waals surface area contributed by atoms with Crippen LogP contribution in [0.1, 0.15) is 84.5 Å². The maximum absolute atomic E-state index is 11.4. The Bertz CT molecular complexity index is 624. The maximum Gasteiger partial charge on any atom is 0.355 e. The van der Waals surface area contributed by atoms with Crippen LogP contribution in [0.2, 0.25) is 0 Å². The van der Waals surface area contributed by atoms with Crippen LogP contribution in [0.3, 0.4) is 0 Å². The normalized spacial score (nSPS) is 12.5. The molecule has 0 aliphatic carbocycles. The number of rotatable bonds is 17. The summed E-state index contributed by atoms with van der Waals surface area (Å²) < 4.78 is 0. The van der Waals surface area contributed by atoms with Crippen molar-refractivity contribution in [2.45, 2.75) is 84.5 Å². The Hall–Kier alpha value is -2.62. The summed E-state index contributed by atoms with van der Waals surface area (Å²) in [5.41, 5.74) is 2.13. The van der Waals surface area contributed by atoms with Gasteiger partial charge in [0.15, 0.2) is 0 Å². The van der Waals surface area contributed by atoms with E-state index in [-0.39, 0.29) is 5.91 Å². The van der Waals surface area contributed by atoms with Gasteiger partial charge in [-0.25, -0.2) is 4.79 Å². The van der Waals surface area contributed by atoms with Crippen molar-refractivity contribution in [2.24, 2.45) is 0 Å². The molecule has 0 aromatic rings. The number of allylic oxidation sites excluding steroid dienone is 11. The van der Waals surface area contributed by atoms with Crippen LogP contribution in [-0.2, 0) is 14.4 Å². The monoisotopic (exact) mass is 427 g/mol. The highest BCUT2D eigenvalue weighted by molar-refractivity contribution is 5.84. The van der Waals surface area contributed by atoms with Crippen LogP contribution < -0.4 is 5.48 Å². The average Bonchev–Trinajstić information content (AvgIpc) is 2.77. The number of hydrogen-bond acceptors (Lipinski definition) is 3. The Morgan fingerprint density at radius 1 is 0.645 bits per heavy atom. The van der Waals surface area contributed by atoms with Crippen molar-refractivity contribution in [3.05, 3.63) is 72.9 Å². The largest absolute Gasteiger partial charge is 0.355 e. The predicted molar refractivity (Wildman–Crippen MR) is 131 cm³/mol. The minimum absolute atomic E-state index is 0.286. The number of amides is 1. The Morgan fingerprint density at radius 2 is 1.16 bits per heavy atom. The van der Waals surface area contributed by atoms with Gasteiger partial charge in [-0.1, -0.05) is 126 Å². The molecule has 0 saturated carbocycles. The van der Waals surface area contributed by atoms with Crippen LogP contribution in [-0.4, -0.2) is 11.9 Å². The second-order valence-electron chi connectivity index (χ2n) is 7.29. The SMILES string of the molecule is CCCCCCCCCC=CC=CC=CC=CC=CC=CC(=O)ONC(=O)CCCC. The average molecular weight is 428 g/mol. The molecule has 0 radical (unpaired) electrons. The number of unbranched alkanes of at least 4 members (excludes halogenated alkanes) is 8. The summed E-state index contributed by atoms with van der Waals surface area (Å²) in [5, 5.41) is 0. The fourth-order valence-electron chi connectivity index (χ4n) is 2.57. The highest BCUT2D eigenvalue weighted by atomic mass is 16.7. The first-order chi connectivity index (χ1) is 15.2. The first-order valence-corrected chi connectivity index (χ1v) is 11.7. The third kappa shape index (κ3) is 23.5. The zero-order valence-electron chi connectivity index (χ0n) is 19.4. The highest BCUT2D eigenvalue weighted by Gasteiger charge is 2.02. The van der Waals surface area contributed by atoms with Crippen molar-refractivity contribution in [2.75, 3.05) is 0 Å². The van der Waals surface area contributed by atoms with Gasteiger partial charge < -0.3 is 4.84 Å². The standard InChI is InChI=1S/C27H41NO3/c1-3-5-7-8-9-10-11-12-13-14-15-16-17-18-19-20-21-22-23-25-27(30)31-28-26(29)24-6-4-2/h13-23,25H,3-12,24H2,1-2H3,(H,28,29). The molecule has 172 valence electrons. The third-order valence-electron chi connectivity index (χ3n) is 4.37. The molecule has 0 aromatic heterocycles. The van der Waals surface area contributed by atoms with Crippen LogP contribution in [0.25, 0.3) is 0 Å². The second-order valence-corrected chi connectivity index (χ2v) is 7.29. The van der Waals surface area contributed by atoms with E-state index in [0.29, 0.717) is 6.42 Å². The van der Waals surface area contributed by atoms with Gasteiger partial charge in [0.1, 0.15) is 0 Å². The Kier molecular flexibility index (Phi) is 21.7. The molecule has 0 aromatic carbocycles. The Morgan fingerprint density at radius 3 is 1.77 bits per heavy atom. The number of carbonyl (C=O) groups is 2. The Labute approximate surface area is 189 Å². The zero-order chi connectivity index (χ0) is 22.8. The second kappa shape index (κ2) is 23.7. The van der Waals surface area contributed by atoms with Crippen molar-refractivity contribution in [1.29, 1.82) is 0 Å². The van der Waals surface area contributed by atoms with Crippen molar-refractivity contribution in [3.8, 4) is 0 Å². The van der Waals surface area contributed by atoms with Gasteiger partial charge in [-0.2, -0.15) is 5.48 Å². The molecule has 1 N–H and O–H groups in total. The van der Waals surface area contributed by atoms with E-state index in [4.69, 9.17) is 0 Å². The Balaban J connectivity index is 3.75. The first-order valence-electron chi connectivity index (χ1n) is 11.7. The maximum atomic E-state index is 11.4. The van der Waals surface area contributed by atoms with Crippen LogP contribution in [0.5, 0.6) is 0 Å². The lowest BCUT2D eigenvalue weighted by molar-refractivity contribution is -0.153. The molecule has 0 fully saturated rings. The summed E-state index contributed by atoms with van der Waals surface area (Å²) in [6, 6.07) is 0. The molecule has 0 saturated heterocycles. The zero-order valence-corrected chi connectivity index (χ0v) is 19.4. The van der Waals surface area contributed by atoms with E-state index in [9.17, 15) is 9.59 Å². The highest BCUT2D eigenvalue weighted by Crippen LogP contribution is 2.08. The summed E-state index contributed by atoms with van der Waals surface area (Å²) in [7, 11) is 0. The number of hydroxylamine groups is 1. The fraction of sp³-hybridized carbons (Fsp3) is 0.481. The summed E-state index contributed by atoms with van der Waals surface area (Å²) in [6.07, 6.45) is 35.0. The smallest absolute Gasteiger partial charge is 0.336 e. The first kappa shape index (κ1) is 28.4. The molecule has 0 aliphatic heterocycles. The van der Waals surface area contributed by atoms with Gasteiger partial charge >= 0.3 is 5.97 Å². The molecule has 0 spiro atoms. The predicted octanol–water partition coefficient (Wildman–Crippen LogP) is 7.23. The molecule has 0 atom stereocenters. The van der Waals surface area contributed by atoms with Gasteiger partial charge in [0, 0.05) is 12.5 Å². The van der Waals surface area contributed by atoms with E-state index in [1.165, 1.54) is 51.0 Å². The lowest BCUT2D eigenvalue weighted by Gasteiger charge is -2.02. The minimum atomic E-state index is -0.608. The van der Waals surface area contributed by atoms with Crippen molar-refractivity contribution in [1.82, 2.24) is 5.48 Å². The van der Waals surface area contributed by atoms with Crippen molar-refractivity contribution >= 4 is 11.9 Å². The van der Waals surface area contributed by atoms with E-state index in [1.807, 2.05) is 43.4 Å². The van der Waals surface area contributed by atoms with E-state index < -0.39 is 5.97 Å². The molecular formula is C27H41NO3. The number of nitrogens with one attached hydrogen (secondary N) is 1. The summed E-state index contributed by atoms with van der Waals surface area (Å²) in [6.45, 7) is 4.24. The van der Waals surface area contributed by atoms with E-state index in [0.717, 1.165) is 19.3 Å². The van der Waals surface area contributed by atoms with Crippen LogP contribution in [0.4, 0.5) is 0 Å². The van der Waals surface area contributed by atoms with Gasteiger partial charge in [0.2, 0.25) is 0 Å². The molecular weight excluding hydrogens is 386 g/mol. The van der Waals surface area contributed by atoms with E-state index in [1.54, 1.807) is 18.2 Å². The van der Waals surface area contributed by atoms with Crippen LogP contribution in [0.15, 0.2) is 72.9 Å². The van der Waals surface area contributed by atoms with Gasteiger partial charge in [-0.3, -0.25) is 4.79 Å². The van der Waals surface area contributed by atoms with Crippen molar-refractivity contribution in [3.63, 3.8) is 0 Å². The summed E-state index contributed by atoms with van der Waals surface area (Å²) in [4.78, 5) is 27.3. The molecule has 31 heavy (non-hydrogen) atoms. The molecule has 0 bridgehead atoms. The molecule has 4 nitrogen and oxygen atoms in total. The van der Waals surface area contributed by atoms with Gasteiger partial charge in [-0.05, 0) is 19.3 Å². The van der Waals surface area contributed by atoms with Gasteiger partial charge in [-0.15, -0.1) is 0 Å². The third-order valence-corrected chi connectivity index (χ3v) is 4.37. The van der Waals surface area contributed by atoms with Crippen LogP contribution >= 0.6 is 0 Å². The number of carbonyl (C=O) groups excluding carboxylic acids is 2. The lowest BCUT2D eigenvalue weighted by Crippen LogP contribution is -2.25. The van der Waals surface area contributed by atoms with Crippen LogP contribution in [0, 0.1) is 0 Å². The lowest BCUT2D eigenvalue weighted by atomic mass is 10.1. The molecule has 1 amide bonds. The topological polar surface area (TPSA) is 55.4 Å². The van der Waals surface area contributed by atoms with E-state index >= 15 is 0 Å². The molecule has 0 rings (SSSR count). The molecule has 4 heteroatoms.